The summed E-state index contributed by atoms with van der Waals surface area (Å²) in [7, 11) is 8.59. The zero-order valence-corrected chi connectivity index (χ0v) is 17.2. The van der Waals surface area contributed by atoms with Crippen LogP contribution in [0.1, 0.15) is 10.5 Å². The summed E-state index contributed by atoms with van der Waals surface area (Å²) >= 11 is 0. The molecule has 28 heavy (non-hydrogen) atoms. The van der Waals surface area contributed by atoms with E-state index in [-0.39, 0.29) is 11.8 Å². The molecule has 2 amide bonds. The van der Waals surface area contributed by atoms with Crippen molar-refractivity contribution in [2.75, 3.05) is 61.0 Å². The second-order valence-electron chi connectivity index (χ2n) is 7.21. The summed E-state index contributed by atoms with van der Waals surface area (Å²) in [6.45, 7) is 2.98. The van der Waals surface area contributed by atoms with E-state index >= 15 is 0 Å². The van der Waals surface area contributed by atoms with Crippen LogP contribution in [0.15, 0.2) is 18.2 Å². The third-order valence-corrected chi connectivity index (χ3v) is 5.28. The zero-order valence-electron chi connectivity index (χ0n) is 17.2. The van der Waals surface area contributed by atoms with Crippen molar-refractivity contribution >= 4 is 22.7 Å². The Morgan fingerprint density at radius 2 is 1.61 bits per heavy atom. The predicted molar refractivity (Wildman–Crippen MR) is 107 cm³/mol. The van der Waals surface area contributed by atoms with Crippen LogP contribution in [0.25, 0.3) is 10.9 Å². The number of amides is 2. The third-order valence-electron chi connectivity index (χ3n) is 5.28. The molecule has 0 unspecified atom stereocenters. The number of rotatable bonds is 5. The first kappa shape index (κ1) is 20.0. The first-order chi connectivity index (χ1) is 13.3. The fourth-order valence-corrected chi connectivity index (χ4v) is 3.47. The molecule has 0 N–H and O–H groups in total. The quantitative estimate of drug-likeness (QED) is 0.766. The van der Waals surface area contributed by atoms with Crippen molar-refractivity contribution in [3.63, 3.8) is 0 Å². The summed E-state index contributed by atoms with van der Waals surface area (Å²) in [6.07, 6.45) is 0. The fraction of sp³-hybridized carbons (Fsp3) is 0.500. The summed E-state index contributed by atoms with van der Waals surface area (Å²) < 4.78 is 12.6. The van der Waals surface area contributed by atoms with Gasteiger partial charge in [0.05, 0.1) is 26.3 Å². The maximum atomic E-state index is 13.1. The molecule has 8 heteroatoms. The molecule has 1 aliphatic rings. The monoisotopic (exact) mass is 388 g/mol. The molecule has 0 bridgehead atoms. The van der Waals surface area contributed by atoms with Crippen molar-refractivity contribution in [3.8, 4) is 11.5 Å². The number of aromatic nitrogens is 1. The Labute approximate surface area is 165 Å². The van der Waals surface area contributed by atoms with Crippen molar-refractivity contribution in [2.24, 2.45) is 7.05 Å². The van der Waals surface area contributed by atoms with Crippen LogP contribution in [0.5, 0.6) is 11.5 Å². The minimum absolute atomic E-state index is 0.00443. The Morgan fingerprint density at radius 1 is 1.00 bits per heavy atom. The van der Waals surface area contributed by atoms with Crippen molar-refractivity contribution in [1.82, 2.24) is 19.3 Å². The average molecular weight is 388 g/mol. The van der Waals surface area contributed by atoms with Gasteiger partial charge in [-0.1, -0.05) is 0 Å². The van der Waals surface area contributed by atoms with Gasteiger partial charge in [0.25, 0.3) is 5.91 Å². The molecule has 1 aromatic carbocycles. The molecule has 2 heterocycles. The van der Waals surface area contributed by atoms with Crippen molar-refractivity contribution < 1.29 is 19.1 Å². The van der Waals surface area contributed by atoms with Gasteiger partial charge in [-0.05, 0) is 12.1 Å². The van der Waals surface area contributed by atoms with Crippen LogP contribution in [0.4, 0.5) is 0 Å². The summed E-state index contributed by atoms with van der Waals surface area (Å²) in [5.41, 5.74) is 1.54. The van der Waals surface area contributed by atoms with Gasteiger partial charge in [0.1, 0.15) is 5.69 Å². The molecule has 2 aromatic rings. The predicted octanol–water partition coefficient (Wildman–Crippen LogP) is 1.04. The molecule has 0 atom stereocenters. The number of likely N-dealkylation sites (N-methyl/N-ethyl adjacent to an activating group) is 1. The first-order valence-electron chi connectivity index (χ1n) is 9.29. The highest BCUT2D eigenvalue weighted by molar-refractivity contribution is 5.99. The number of ether oxygens (including phenoxy) is 2. The van der Waals surface area contributed by atoms with Crippen molar-refractivity contribution in [3.05, 3.63) is 23.9 Å². The van der Waals surface area contributed by atoms with Gasteiger partial charge in [0.15, 0.2) is 11.5 Å². The first-order valence-corrected chi connectivity index (χ1v) is 9.29. The standard InChI is InChI=1S/C20H28N4O4/c1-21(2)19(25)13-23-6-8-24(9-7-23)20(26)16-10-14-11-17(27-4)18(28-5)12-15(14)22(16)3/h10-12H,6-9,13H2,1-5H3. The highest BCUT2D eigenvalue weighted by Gasteiger charge is 2.26. The molecule has 1 aliphatic heterocycles. The lowest BCUT2D eigenvalue weighted by molar-refractivity contribution is -0.130. The topological polar surface area (TPSA) is 67.2 Å². The van der Waals surface area contributed by atoms with Crippen LogP contribution in [0.2, 0.25) is 0 Å². The van der Waals surface area contributed by atoms with E-state index in [1.807, 2.05) is 34.7 Å². The van der Waals surface area contributed by atoms with E-state index in [4.69, 9.17) is 9.47 Å². The highest BCUT2D eigenvalue weighted by atomic mass is 16.5. The van der Waals surface area contributed by atoms with Crippen molar-refractivity contribution in [1.29, 1.82) is 0 Å². The van der Waals surface area contributed by atoms with Crippen LogP contribution >= 0.6 is 0 Å². The minimum Gasteiger partial charge on any atom is -0.493 e. The molecule has 1 saturated heterocycles. The number of fused-ring (bicyclic) bond motifs is 1. The zero-order chi connectivity index (χ0) is 20.4. The lowest BCUT2D eigenvalue weighted by Crippen LogP contribution is -2.51. The van der Waals surface area contributed by atoms with Crippen LogP contribution < -0.4 is 9.47 Å². The lowest BCUT2D eigenvalue weighted by atomic mass is 10.2. The van der Waals surface area contributed by atoms with Gasteiger partial charge in [-0.15, -0.1) is 0 Å². The van der Waals surface area contributed by atoms with E-state index in [0.717, 1.165) is 10.9 Å². The van der Waals surface area contributed by atoms with Crippen molar-refractivity contribution in [2.45, 2.75) is 0 Å². The number of benzene rings is 1. The van der Waals surface area contributed by atoms with E-state index < -0.39 is 0 Å². The van der Waals surface area contributed by atoms with Gasteiger partial charge >= 0.3 is 0 Å². The fourth-order valence-electron chi connectivity index (χ4n) is 3.47. The van der Waals surface area contributed by atoms with Crippen LogP contribution in [0.3, 0.4) is 0 Å². The Bertz CT molecular complexity index is 882. The van der Waals surface area contributed by atoms with Crippen LogP contribution in [-0.2, 0) is 11.8 Å². The molecule has 1 aromatic heterocycles. The number of carbonyl (C=O) groups excluding carboxylic acids is 2. The van der Waals surface area contributed by atoms with E-state index in [2.05, 4.69) is 4.90 Å². The number of hydrogen-bond donors (Lipinski definition) is 0. The lowest BCUT2D eigenvalue weighted by Gasteiger charge is -2.34. The average Bonchev–Trinajstić information content (AvgIpc) is 3.02. The summed E-state index contributed by atoms with van der Waals surface area (Å²) in [4.78, 5) is 30.5. The number of hydrogen-bond acceptors (Lipinski definition) is 5. The molecule has 3 rings (SSSR count). The number of piperazine rings is 1. The highest BCUT2D eigenvalue weighted by Crippen LogP contribution is 2.33. The SMILES string of the molecule is COc1cc2cc(C(=O)N3CCN(CC(=O)N(C)C)CC3)n(C)c2cc1OC. The minimum atomic E-state index is -0.00443. The van der Waals surface area contributed by atoms with Gasteiger partial charge in [-0.3, -0.25) is 14.5 Å². The molecule has 0 saturated carbocycles. The molecule has 0 radical (unpaired) electrons. The number of nitrogens with zero attached hydrogens (tertiary/aromatic N) is 4. The number of aryl methyl sites for hydroxylation is 1. The molecule has 1 fully saturated rings. The molecule has 0 aliphatic carbocycles. The summed E-state index contributed by atoms with van der Waals surface area (Å²) in [6, 6.07) is 5.66. The van der Waals surface area contributed by atoms with E-state index in [9.17, 15) is 9.59 Å². The molecular weight excluding hydrogens is 360 g/mol. The van der Waals surface area contributed by atoms with Gasteiger partial charge in [0, 0.05) is 58.8 Å². The smallest absolute Gasteiger partial charge is 0.270 e. The van der Waals surface area contributed by atoms with Gasteiger partial charge < -0.3 is 23.8 Å². The Kier molecular flexibility index (Phi) is 5.79. The molecular formula is C20H28N4O4. The van der Waals surface area contributed by atoms with Crippen LogP contribution in [0, 0.1) is 0 Å². The normalized spacial score (nSPS) is 15.0. The van der Waals surface area contributed by atoms with E-state index in [1.165, 1.54) is 0 Å². The number of methoxy groups -OCH3 is 2. The van der Waals surface area contributed by atoms with Gasteiger partial charge in [-0.25, -0.2) is 0 Å². The largest absolute Gasteiger partial charge is 0.493 e. The Hall–Kier alpha value is -2.74. The van der Waals surface area contributed by atoms with Gasteiger partial charge in [-0.2, -0.15) is 0 Å². The third kappa shape index (κ3) is 3.77. The maximum absolute atomic E-state index is 13.1. The van der Waals surface area contributed by atoms with Crippen LogP contribution in [-0.4, -0.2) is 92.1 Å². The van der Waals surface area contributed by atoms with E-state index in [0.29, 0.717) is 49.9 Å². The van der Waals surface area contributed by atoms with Gasteiger partial charge in [0.2, 0.25) is 5.91 Å². The summed E-state index contributed by atoms with van der Waals surface area (Å²) in [5, 5.41) is 0.929. The molecule has 152 valence electrons. The maximum Gasteiger partial charge on any atom is 0.270 e. The van der Waals surface area contributed by atoms with E-state index in [1.54, 1.807) is 33.2 Å². The Morgan fingerprint density at radius 3 is 2.18 bits per heavy atom. The Balaban J connectivity index is 1.75. The second kappa shape index (κ2) is 8.10. The molecule has 0 spiro atoms. The molecule has 8 nitrogen and oxygen atoms in total. The number of carbonyl (C=O) groups is 2. The second-order valence-corrected chi connectivity index (χ2v) is 7.21. The summed E-state index contributed by atoms with van der Waals surface area (Å²) in [5.74, 6) is 1.35.